The van der Waals surface area contributed by atoms with E-state index in [1.54, 1.807) is 22.9 Å². The normalized spacial score (nSPS) is 17.4. The number of hydrogen-bond donors (Lipinski definition) is 1. The number of anilines is 2. The van der Waals surface area contributed by atoms with Crippen molar-refractivity contribution in [3.8, 4) is 0 Å². The fourth-order valence-electron chi connectivity index (χ4n) is 5.33. The molecule has 12 heteroatoms. The zero-order valence-corrected chi connectivity index (χ0v) is 21.6. The summed E-state index contributed by atoms with van der Waals surface area (Å²) in [4.78, 5) is 38.6. The van der Waals surface area contributed by atoms with Crippen molar-refractivity contribution in [3.63, 3.8) is 0 Å². The summed E-state index contributed by atoms with van der Waals surface area (Å²) in [5.41, 5.74) is 2.86. The number of hydrogen-bond acceptors (Lipinski definition) is 7. The molecule has 39 heavy (non-hydrogen) atoms. The number of rotatable bonds is 7. The van der Waals surface area contributed by atoms with Gasteiger partial charge in [-0.1, -0.05) is 30.7 Å². The Kier molecular flexibility index (Phi) is 7.53. The minimum atomic E-state index is -4.47. The average Bonchev–Trinajstić information content (AvgIpc) is 3.30. The quantitative estimate of drug-likeness (QED) is 0.454. The number of amides is 1. The van der Waals surface area contributed by atoms with Crippen molar-refractivity contribution in [1.82, 2.24) is 25.1 Å². The average molecular weight is 542 g/mol. The third kappa shape index (κ3) is 5.74. The van der Waals surface area contributed by atoms with Gasteiger partial charge in [0.05, 0.1) is 23.5 Å². The van der Waals surface area contributed by atoms with Gasteiger partial charge in [0.1, 0.15) is 0 Å². The minimum Gasteiger partial charge on any atom is -0.358 e. The molecule has 0 unspecified atom stereocenters. The van der Waals surface area contributed by atoms with Crippen LogP contribution in [0.3, 0.4) is 0 Å². The summed E-state index contributed by atoms with van der Waals surface area (Å²) in [6.07, 6.45) is 1.66. The molecule has 1 N–H and O–H groups in total. The number of benzene rings is 1. The molecule has 0 radical (unpaired) electrons. The largest absolute Gasteiger partial charge is 0.419 e. The summed E-state index contributed by atoms with van der Waals surface area (Å²) in [6.45, 7) is 4.39. The topological polar surface area (TPSA) is 98.3 Å². The monoisotopic (exact) mass is 541 g/mol. The number of alkyl halides is 3. The van der Waals surface area contributed by atoms with E-state index >= 15 is 0 Å². The van der Waals surface area contributed by atoms with E-state index in [1.807, 2.05) is 12.1 Å². The molecule has 1 fully saturated rings. The molecule has 1 amide bonds. The van der Waals surface area contributed by atoms with Crippen LogP contribution in [-0.2, 0) is 17.5 Å². The number of aromatic amines is 1. The summed E-state index contributed by atoms with van der Waals surface area (Å²) < 4.78 is 38.3. The highest BCUT2D eigenvalue weighted by atomic mass is 19.4. The van der Waals surface area contributed by atoms with E-state index < -0.39 is 11.7 Å². The molecule has 1 saturated heterocycles. The highest BCUT2D eigenvalue weighted by Crippen LogP contribution is 2.40. The molecule has 1 atom stereocenters. The Hall–Kier alpha value is -3.96. The molecule has 0 spiro atoms. The SMILES string of the molecule is Cc1c(N2Cc3ccccc3[C@H]2CCCCC(=O)N2CCN(c3ncc(C(F)(F)F)cn3)CC2)cn[nH]c1=O. The van der Waals surface area contributed by atoms with Crippen molar-refractivity contribution in [2.24, 2.45) is 0 Å². The Morgan fingerprint density at radius 2 is 1.77 bits per heavy atom. The summed E-state index contributed by atoms with van der Waals surface area (Å²) in [5.74, 6) is 0.309. The number of halogens is 3. The van der Waals surface area contributed by atoms with E-state index in [1.165, 1.54) is 11.1 Å². The van der Waals surface area contributed by atoms with Gasteiger partial charge in [-0.15, -0.1) is 0 Å². The Morgan fingerprint density at radius 1 is 1.05 bits per heavy atom. The molecule has 1 aromatic carbocycles. The van der Waals surface area contributed by atoms with Crippen LogP contribution in [0.2, 0.25) is 0 Å². The third-order valence-electron chi connectivity index (χ3n) is 7.52. The van der Waals surface area contributed by atoms with Gasteiger partial charge in [-0.2, -0.15) is 18.3 Å². The first-order valence-electron chi connectivity index (χ1n) is 13.0. The second-order valence-corrected chi connectivity index (χ2v) is 9.93. The number of nitrogens with one attached hydrogen (secondary N) is 1. The van der Waals surface area contributed by atoms with Gasteiger partial charge in [0.25, 0.3) is 5.56 Å². The number of aromatic nitrogens is 4. The van der Waals surface area contributed by atoms with Crippen molar-refractivity contribution >= 4 is 17.5 Å². The van der Waals surface area contributed by atoms with Gasteiger partial charge in [-0.3, -0.25) is 9.59 Å². The van der Waals surface area contributed by atoms with Crippen molar-refractivity contribution in [1.29, 1.82) is 0 Å². The van der Waals surface area contributed by atoms with Crippen molar-refractivity contribution in [2.75, 3.05) is 36.0 Å². The molecular weight excluding hydrogens is 511 g/mol. The van der Waals surface area contributed by atoms with Gasteiger partial charge in [0.2, 0.25) is 11.9 Å². The van der Waals surface area contributed by atoms with Crippen LogP contribution in [-0.4, -0.2) is 57.2 Å². The maximum absolute atomic E-state index is 12.9. The number of H-pyrrole nitrogens is 1. The lowest BCUT2D eigenvalue weighted by Gasteiger charge is -2.35. The van der Waals surface area contributed by atoms with E-state index in [4.69, 9.17) is 0 Å². The number of carbonyl (C=O) groups excluding carboxylic acids is 1. The highest BCUT2D eigenvalue weighted by Gasteiger charge is 2.33. The standard InChI is InChI=1S/C27H30F3N7O2/c1-18-23(16-33-34-25(18)39)37-17-19-6-2-3-7-21(19)22(37)8-4-5-9-24(38)35-10-12-36(13-11-35)26-31-14-20(15-32-26)27(28,29)30/h2-3,6-7,14-16,22H,4-5,8-13,17H2,1H3,(H,34,39)/t22-/m1/s1. The third-order valence-corrected chi connectivity index (χ3v) is 7.52. The van der Waals surface area contributed by atoms with Crippen LogP contribution in [0.1, 0.15) is 54.0 Å². The van der Waals surface area contributed by atoms with Gasteiger partial charge < -0.3 is 14.7 Å². The molecule has 4 heterocycles. The van der Waals surface area contributed by atoms with E-state index in [9.17, 15) is 22.8 Å². The molecule has 2 aliphatic heterocycles. The first kappa shape index (κ1) is 26.6. The van der Waals surface area contributed by atoms with E-state index in [2.05, 4.69) is 37.2 Å². The lowest BCUT2D eigenvalue weighted by atomic mass is 9.99. The zero-order valence-electron chi connectivity index (χ0n) is 21.6. The van der Waals surface area contributed by atoms with Gasteiger partial charge in [-0.25, -0.2) is 15.1 Å². The van der Waals surface area contributed by atoms with Crippen LogP contribution in [0.25, 0.3) is 0 Å². The molecular formula is C27H30F3N7O2. The van der Waals surface area contributed by atoms with Crippen molar-refractivity contribution < 1.29 is 18.0 Å². The van der Waals surface area contributed by atoms with Crippen molar-refractivity contribution in [2.45, 2.75) is 51.4 Å². The Balaban J connectivity index is 1.13. The number of carbonyl (C=O) groups is 1. The van der Waals surface area contributed by atoms with Crippen LogP contribution >= 0.6 is 0 Å². The molecule has 206 valence electrons. The fraction of sp³-hybridized carbons (Fsp3) is 0.444. The maximum atomic E-state index is 12.9. The first-order chi connectivity index (χ1) is 18.7. The summed E-state index contributed by atoms with van der Waals surface area (Å²) in [7, 11) is 0. The maximum Gasteiger partial charge on any atom is 0.419 e. The van der Waals surface area contributed by atoms with Crippen LogP contribution in [0.15, 0.2) is 47.7 Å². The predicted octanol–water partition coefficient (Wildman–Crippen LogP) is 3.86. The van der Waals surface area contributed by atoms with Gasteiger partial charge in [0, 0.05) is 57.1 Å². The molecule has 3 aromatic rings. The summed E-state index contributed by atoms with van der Waals surface area (Å²) >= 11 is 0. The molecule has 5 rings (SSSR count). The molecule has 0 saturated carbocycles. The van der Waals surface area contributed by atoms with Crippen LogP contribution < -0.4 is 15.4 Å². The predicted molar refractivity (Wildman–Crippen MR) is 139 cm³/mol. The summed E-state index contributed by atoms with van der Waals surface area (Å²) in [5, 5.41) is 6.50. The minimum absolute atomic E-state index is 0.0707. The molecule has 9 nitrogen and oxygen atoms in total. The van der Waals surface area contributed by atoms with Crippen LogP contribution in [0.5, 0.6) is 0 Å². The van der Waals surface area contributed by atoms with Gasteiger partial charge in [0.15, 0.2) is 0 Å². The van der Waals surface area contributed by atoms with Crippen LogP contribution in [0.4, 0.5) is 24.8 Å². The van der Waals surface area contributed by atoms with E-state index in [-0.39, 0.29) is 23.5 Å². The van der Waals surface area contributed by atoms with E-state index in [0.29, 0.717) is 44.7 Å². The lowest BCUT2D eigenvalue weighted by Crippen LogP contribution is -2.49. The Morgan fingerprint density at radius 3 is 2.49 bits per heavy atom. The van der Waals surface area contributed by atoms with Crippen molar-refractivity contribution in [3.05, 3.63) is 75.5 Å². The van der Waals surface area contributed by atoms with Crippen LogP contribution in [0, 0.1) is 6.92 Å². The van der Waals surface area contributed by atoms with Gasteiger partial charge >= 0.3 is 6.18 Å². The zero-order chi connectivity index (χ0) is 27.6. The highest BCUT2D eigenvalue weighted by molar-refractivity contribution is 5.76. The first-order valence-corrected chi connectivity index (χ1v) is 13.0. The lowest BCUT2D eigenvalue weighted by molar-refractivity contribution is -0.138. The smallest absolute Gasteiger partial charge is 0.358 e. The molecule has 2 aromatic heterocycles. The van der Waals surface area contributed by atoms with E-state index in [0.717, 1.165) is 37.3 Å². The second-order valence-electron chi connectivity index (χ2n) is 9.93. The molecule has 0 aliphatic carbocycles. The number of nitrogens with zero attached hydrogens (tertiary/aromatic N) is 6. The molecule has 0 bridgehead atoms. The fourth-order valence-corrected chi connectivity index (χ4v) is 5.33. The summed E-state index contributed by atoms with van der Waals surface area (Å²) in [6, 6.07) is 8.38. The Labute approximate surface area is 223 Å². The number of piperazine rings is 1. The second kappa shape index (κ2) is 11.0. The number of fused-ring (bicyclic) bond motifs is 1. The Bertz CT molecular complexity index is 1370. The molecule has 2 aliphatic rings. The number of unbranched alkanes of at least 4 members (excludes halogenated alkanes) is 1. The van der Waals surface area contributed by atoms with Gasteiger partial charge in [-0.05, 0) is 30.9 Å².